The monoisotopic (exact) mass is 292 g/mol. The number of halogens is 3. The highest BCUT2D eigenvalue weighted by Gasteiger charge is 2.33. The molecule has 21 heavy (non-hydrogen) atoms. The molecule has 0 bridgehead atoms. The van der Waals surface area contributed by atoms with Crippen LogP contribution in [0.2, 0.25) is 0 Å². The maximum atomic E-state index is 13.0. The van der Waals surface area contributed by atoms with Crippen molar-refractivity contribution in [2.24, 2.45) is 0 Å². The smallest absolute Gasteiger partial charge is 0.355 e. The molecule has 0 saturated carbocycles. The lowest BCUT2D eigenvalue weighted by atomic mass is 9.98. The summed E-state index contributed by atoms with van der Waals surface area (Å²) in [6, 6.07) is 11.3. The van der Waals surface area contributed by atoms with Gasteiger partial charge in [-0.2, -0.15) is 13.2 Å². The molecule has 0 atom stereocenters. The maximum absolute atomic E-state index is 13.0. The summed E-state index contributed by atoms with van der Waals surface area (Å²) in [4.78, 5) is 0. The van der Waals surface area contributed by atoms with Crippen molar-refractivity contribution in [3.05, 3.63) is 59.2 Å². The Hall–Kier alpha value is -2.01. The van der Waals surface area contributed by atoms with Crippen LogP contribution in [0, 0.1) is 0 Å². The predicted octanol–water partition coefficient (Wildman–Crippen LogP) is 4.09. The Kier molecular flexibility index (Phi) is 3.59. The molecule has 2 aromatic rings. The SMILES string of the molecule is FC(F)(F)c1ccccc1Nc1cccc2c1CCNC2. The number of benzene rings is 2. The Labute approximate surface area is 121 Å². The molecule has 0 amide bonds. The highest BCUT2D eigenvalue weighted by atomic mass is 19.4. The van der Waals surface area contributed by atoms with Crippen molar-refractivity contribution in [1.29, 1.82) is 0 Å². The minimum Gasteiger partial charge on any atom is -0.355 e. The van der Waals surface area contributed by atoms with E-state index in [1.807, 2.05) is 18.2 Å². The molecule has 3 rings (SSSR count). The number of hydrogen-bond acceptors (Lipinski definition) is 2. The van der Waals surface area contributed by atoms with E-state index in [9.17, 15) is 13.2 Å². The number of rotatable bonds is 2. The molecule has 0 unspecified atom stereocenters. The number of hydrogen-bond donors (Lipinski definition) is 2. The molecule has 1 aliphatic rings. The molecular formula is C16H15F3N2. The third-order valence-electron chi connectivity index (χ3n) is 3.64. The third-order valence-corrected chi connectivity index (χ3v) is 3.64. The highest BCUT2D eigenvalue weighted by Crippen LogP contribution is 2.36. The first-order valence-electron chi connectivity index (χ1n) is 6.80. The summed E-state index contributed by atoms with van der Waals surface area (Å²) in [5.74, 6) is 0. The first-order valence-corrected chi connectivity index (χ1v) is 6.80. The maximum Gasteiger partial charge on any atom is 0.418 e. The molecule has 2 aromatic carbocycles. The summed E-state index contributed by atoms with van der Waals surface area (Å²) in [5.41, 5.74) is 2.43. The summed E-state index contributed by atoms with van der Waals surface area (Å²) < 4.78 is 39.1. The predicted molar refractivity (Wildman–Crippen MR) is 76.6 cm³/mol. The van der Waals surface area contributed by atoms with Gasteiger partial charge in [0.05, 0.1) is 11.3 Å². The van der Waals surface area contributed by atoms with Gasteiger partial charge in [0.15, 0.2) is 0 Å². The quantitative estimate of drug-likeness (QED) is 0.871. The van der Waals surface area contributed by atoms with Crippen LogP contribution in [-0.2, 0) is 19.1 Å². The largest absolute Gasteiger partial charge is 0.418 e. The molecule has 0 spiro atoms. The van der Waals surface area contributed by atoms with Gasteiger partial charge in [-0.25, -0.2) is 0 Å². The first-order chi connectivity index (χ1) is 10.1. The second-order valence-electron chi connectivity index (χ2n) is 5.04. The number of fused-ring (bicyclic) bond motifs is 1. The minimum absolute atomic E-state index is 0.0944. The van der Waals surface area contributed by atoms with Gasteiger partial charge < -0.3 is 10.6 Å². The normalized spacial score (nSPS) is 14.6. The van der Waals surface area contributed by atoms with Gasteiger partial charge in [-0.05, 0) is 42.3 Å². The second kappa shape index (κ2) is 5.41. The molecule has 0 radical (unpaired) electrons. The average Bonchev–Trinajstić information content (AvgIpc) is 2.47. The number of para-hydroxylation sites is 1. The van der Waals surface area contributed by atoms with Crippen molar-refractivity contribution in [3.8, 4) is 0 Å². The second-order valence-corrected chi connectivity index (χ2v) is 5.04. The van der Waals surface area contributed by atoms with Gasteiger partial charge in [-0.3, -0.25) is 0 Å². The standard InChI is InChI=1S/C16H15F3N2/c17-16(18,19)13-5-1-2-6-15(13)21-14-7-3-4-11-10-20-9-8-12(11)14/h1-7,20-21H,8-10H2. The first kappa shape index (κ1) is 13.9. The van der Waals surface area contributed by atoms with Crippen molar-refractivity contribution >= 4 is 11.4 Å². The van der Waals surface area contributed by atoms with Gasteiger partial charge in [0.1, 0.15) is 0 Å². The Morgan fingerprint density at radius 2 is 1.71 bits per heavy atom. The summed E-state index contributed by atoms with van der Waals surface area (Å²) in [6.07, 6.45) is -3.55. The molecule has 0 aromatic heterocycles. The van der Waals surface area contributed by atoms with E-state index in [-0.39, 0.29) is 5.69 Å². The van der Waals surface area contributed by atoms with Gasteiger partial charge >= 0.3 is 6.18 Å². The molecule has 0 saturated heterocycles. The molecule has 5 heteroatoms. The van der Waals surface area contributed by atoms with Crippen molar-refractivity contribution in [3.63, 3.8) is 0 Å². The van der Waals surface area contributed by atoms with E-state index in [1.165, 1.54) is 12.1 Å². The zero-order chi connectivity index (χ0) is 14.9. The van der Waals surface area contributed by atoms with Crippen LogP contribution < -0.4 is 10.6 Å². The van der Waals surface area contributed by atoms with E-state index in [0.717, 1.165) is 42.4 Å². The lowest BCUT2D eigenvalue weighted by molar-refractivity contribution is -0.136. The Balaban J connectivity index is 1.99. The fourth-order valence-electron chi connectivity index (χ4n) is 2.63. The number of nitrogens with one attached hydrogen (secondary N) is 2. The zero-order valence-electron chi connectivity index (χ0n) is 11.3. The minimum atomic E-state index is -4.36. The van der Waals surface area contributed by atoms with Gasteiger partial charge in [-0.1, -0.05) is 24.3 Å². The van der Waals surface area contributed by atoms with Crippen LogP contribution in [0.3, 0.4) is 0 Å². The van der Waals surface area contributed by atoms with Crippen LogP contribution in [0.4, 0.5) is 24.5 Å². The topological polar surface area (TPSA) is 24.1 Å². The molecule has 110 valence electrons. The molecule has 0 fully saturated rings. The van der Waals surface area contributed by atoms with E-state index < -0.39 is 11.7 Å². The zero-order valence-corrected chi connectivity index (χ0v) is 11.3. The van der Waals surface area contributed by atoms with E-state index >= 15 is 0 Å². The van der Waals surface area contributed by atoms with Gasteiger partial charge in [0, 0.05) is 12.2 Å². The summed E-state index contributed by atoms with van der Waals surface area (Å²) in [5, 5.41) is 6.22. The molecule has 1 aliphatic heterocycles. The van der Waals surface area contributed by atoms with E-state index in [4.69, 9.17) is 0 Å². The van der Waals surface area contributed by atoms with E-state index in [0.29, 0.717) is 0 Å². The molecule has 2 N–H and O–H groups in total. The summed E-state index contributed by atoms with van der Waals surface area (Å²) >= 11 is 0. The summed E-state index contributed by atoms with van der Waals surface area (Å²) in [7, 11) is 0. The van der Waals surface area contributed by atoms with Gasteiger partial charge in [0.2, 0.25) is 0 Å². The van der Waals surface area contributed by atoms with Crippen LogP contribution in [0.5, 0.6) is 0 Å². The van der Waals surface area contributed by atoms with Crippen molar-refractivity contribution in [2.45, 2.75) is 19.1 Å². The fraction of sp³-hybridized carbons (Fsp3) is 0.250. The van der Waals surface area contributed by atoms with Crippen LogP contribution in [-0.4, -0.2) is 6.54 Å². The average molecular weight is 292 g/mol. The summed E-state index contributed by atoms with van der Waals surface area (Å²) in [6.45, 7) is 1.60. The van der Waals surface area contributed by atoms with Crippen molar-refractivity contribution in [1.82, 2.24) is 5.32 Å². The third kappa shape index (κ3) is 2.88. The molecular weight excluding hydrogens is 277 g/mol. The lowest BCUT2D eigenvalue weighted by Gasteiger charge is -2.22. The van der Waals surface area contributed by atoms with Crippen LogP contribution in [0.25, 0.3) is 0 Å². The highest BCUT2D eigenvalue weighted by molar-refractivity contribution is 5.68. The van der Waals surface area contributed by atoms with Crippen molar-refractivity contribution < 1.29 is 13.2 Å². The molecule has 1 heterocycles. The van der Waals surface area contributed by atoms with Crippen LogP contribution in [0.15, 0.2) is 42.5 Å². The Bertz CT molecular complexity index is 650. The molecule has 2 nitrogen and oxygen atoms in total. The number of alkyl halides is 3. The lowest BCUT2D eigenvalue weighted by Crippen LogP contribution is -2.24. The van der Waals surface area contributed by atoms with Gasteiger partial charge in [0.25, 0.3) is 0 Å². The van der Waals surface area contributed by atoms with Gasteiger partial charge in [-0.15, -0.1) is 0 Å². The Morgan fingerprint density at radius 1 is 0.952 bits per heavy atom. The van der Waals surface area contributed by atoms with E-state index in [2.05, 4.69) is 10.6 Å². The van der Waals surface area contributed by atoms with Crippen LogP contribution >= 0.6 is 0 Å². The van der Waals surface area contributed by atoms with E-state index in [1.54, 1.807) is 6.07 Å². The number of anilines is 2. The Morgan fingerprint density at radius 3 is 2.52 bits per heavy atom. The molecule has 0 aliphatic carbocycles. The fourth-order valence-corrected chi connectivity index (χ4v) is 2.63. The van der Waals surface area contributed by atoms with Crippen LogP contribution in [0.1, 0.15) is 16.7 Å². The van der Waals surface area contributed by atoms with Crippen molar-refractivity contribution in [2.75, 3.05) is 11.9 Å².